The maximum atomic E-state index is 11.6. The van der Waals surface area contributed by atoms with Crippen LogP contribution in [0.25, 0.3) is 0 Å². The molecule has 0 saturated heterocycles. The monoisotopic (exact) mass is 304 g/mol. The minimum Gasteiger partial charge on any atom is -0.478 e. The third-order valence-corrected chi connectivity index (χ3v) is 2.81. The zero-order valence-electron chi connectivity index (χ0n) is 13.2. The Bertz CT molecular complexity index is 617. The van der Waals surface area contributed by atoms with Gasteiger partial charge in [0.25, 0.3) is 0 Å². The van der Waals surface area contributed by atoms with E-state index in [0.717, 1.165) is 0 Å². The molecular formula is C17H20O5. The summed E-state index contributed by atoms with van der Waals surface area (Å²) in [4.78, 5) is 22.8. The standard InChI is InChI=1S/C17H20O5/c1-6-12-7-13(11(2)14(8-12)16(19)20)9-21-10-15(18)22-17(3,4)5/h1,7-8H,9-10H2,2-5H3,(H,19,20). The van der Waals surface area contributed by atoms with Crippen molar-refractivity contribution >= 4 is 11.9 Å². The number of terminal acetylenes is 1. The molecule has 0 aliphatic carbocycles. The molecule has 0 aromatic heterocycles. The van der Waals surface area contributed by atoms with Crippen LogP contribution in [0.15, 0.2) is 12.1 Å². The first kappa shape index (κ1) is 17.7. The number of esters is 1. The zero-order valence-corrected chi connectivity index (χ0v) is 13.2. The molecule has 0 aliphatic rings. The van der Waals surface area contributed by atoms with Crippen molar-refractivity contribution in [2.45, 2.75) is 39.9 Å². The highest BCUT2D eigenvalue weighted by atomic mass is 16.6. The summed E-state index contributed by atoms with van der Waals surface area (Å²) in [5.74, 6) is 0.882. The van der Waals surface area contributed by atoms with Gasteiger partial charge in [0, 0.05) is 5.56 Å². The molecule has 1 N–H and O–H groups in total. The Morgan fingerprint density at radius 3 is 2.45 bits per heavy atom. The fourth-order valence-electron chi connectivity index (χ4n) is 1.85. The highest BCUT2D eigenvalue weighted by molar-refractivity contribution is 5.90. The first-order valence-electron chi connectivity index (χ1n) is 6.77. The highest BCUT2D eigenvalue weighted by Crippen LogP contribution is 2.18. The number of rotatable bonds is 5. The lowest BCUT2D eigenvalue weighted by Gasteiger charge is -2.19. The molecule has 0 heterocycles. The Kier molecular flexibility index (Phi) is 5.72. The van der Waals surface area contributed by atoms with Crippen LogP contribution in [-0.2, 0) is 20.9 Å². The molecule has 1 aromatic carbocycles. The SMILES string of the molecule is C#Cc1cc(COCC(=O)OC(C)(C)C)c(C)c(C(=O)O)c1. The maximum Gasteiger partial charge on any atom is 0.336 e. The predicted molar refractivity (Wildman–Crippen MR) is 81.6 cm³/mol. The second-order valence-corrected chi connectivity index (χ2v) is 5.84. The molecule has 0 radical (unpaired) electrons. The van der Waals surface area contributed by atoms with Gasteiger partial charge in [0.15, 0.2) is 0 Å². The quantitative estimate of drug-likeness (QED) is 0.668. The Hall–Kier alpha value is -2.32. The van der Waals surface area contributed by atoms with Gasteiger partial charge >= 0.3 is 11.9 Å². The highest BCUT2D eigenvalue weighted by Gasteiger charge is 2.17. The largest absolute Gasteiger partial charge is 0.478 e. The van der Waals surface area contributed by atoms with E-state index in [0.29, 0.717) is 16.7 Å². The molecule has 0 atom stereocenters. The van der Waals surface area contributed by atoms with E-state index >= 15 is 0 Å². The van der Waals surface area contributed by atoms with E-state index in [-0.39, 0.29) is 18.8 Å². The zero-order chi connectivity index (χ0) is 16.9. The number of hydrogen-bond donors (Lipinski definition) is 1. The van der Waals surface area contributed by atoms with Gasteiger partial charge in [0.1, 0.15) is 12.2 Å². The summed E-state index contributed by atoms with van der Waals surface area (Å²) in [6, 6.07) is 3.12. The summed E-state index contributed by atoms with van der Waals surface area (Å²) in [6.07, 6.45) is 5.33. The van der Waals surface area contributed by atoms with Gasteiger partial charge in [-0.2, -0.15) is 0 Å². The van der Waals surface area contributed by atoms with Gasteiger partial charge in [-0.25, -0.2) is 9.59 Å². The van der Waals surface area contributed by atoms with Crippen molar-refractivity contribution < 1.29 is 24.2 Å². The third-order valence-electron chi connectivity index (χ3n) is 2.81. The summed E-state index contributed by atoms with van der Waals surface area (Å²) < 4.78 is 10.4. The van der Waals surface area contributed by atoms with E-state index < -0.39 is 17.5 Å². The fraction of sp³-hybridized carbons (Fsp3) is 0.412. The van der Waals surface area contributed by atoms with Crippen molar-refractivity contribution in [2.75, 3.05) is 6.61 Å². The topological polar surface area (TPSA) is 72.8 Å². The first-order valence-corrected chi connectivity index (χ1v) is 6.77. The van der Waals surface area contributed by atoms with Gasteiger partial charge in [-0.1, -0.05) is 5.92 Å². The van der Waals surface area contributed by atoms with Crippen LogP contribution in [0.2, 0.25) is 0 Å². The van der Waals surface area contributed by atoms with E-state index in [2.05, 4.69) is 5.92 Å². The van der Waals surface area contributed by atoms with E-state index in [9.17, 15) is 9.59 Å². The molecule has 0 saturated carbocycles. The molecule has 118 valence electrons. The van der Waals surface area contributed by atoms with Crippen LogP contribution in [0, 0.1) is 19.3 Å². The minimum atomic E-state index is -1.05. The van der Waals surface area contributed by atoms with E-state index in [1.54, 1.807) is 33.8 Å². The number of benzene rings is 1. The number of carboxylic acids is 1. The van der Waals surface area contributed by atoms with E-state index in [1.165, 1.54) is 6.07 Å². The molecule has 0 unspecified atom stereocenters. The van der Waals surface area contributed by atoms with Crippen molar-refractivity contribution in [1.29, 1.82) is 0 Å². The van der Waals surface area contributed by atoms with Crippen LogP contribution in [0.3, 0.4) is 0 Å². The third kappa shape index (κ3) is 5.23. The van der Waals surface area contributed by atoms with Gasteiger partial charge in [0.2, 0.25) is 0 Å². The molecule has 0 fully saturated rings. The summed E-state index contributed by atoms with van der Waals surface area (Å²) >= 11 is 0. The van der Waals surface area contributed by atoms with Crippen LogP contribution in [-0.4, -0.2) is 29.3 Å². The molecule has 5 nitrogen and oxygen atoms in total. The van der Waals surface area contributed by atoms with Crippen molar-refractivity contribution in [3.63, 3.8) is 0 Å². The molecule has 0 amide bonds. The van der Waals surface area contributed by atoms with Crippen molar-refractivity contribution in [2.24, 2.45) is 0 Å². The van der Waals surface area contributed by atoms with Gasteiger partial charge in [-0.15, -0.1) is 6.42 Å². The molecule has 0 spiro atoms. The molecule has 1 aromatic rings. The van der Waals surface area contributed by atoms with Crippen LogP contribution in [0.4, 0.5) is 0 Å². The van der Waals surface area contributed by atoms with Crippen molar-refractivity contribution in [3.05, 3.63) is 34.4 Å². The fourth-order valence-corrected chi connectivity index (χ4v) is 1.85. The molecule has 1 rings (SSSR count). The summed E-state index contributed by atoms with van der Waals surface area (Å²) in [7, 11) is 0. The normalized spacial score (nSPS) is 10.9. The predicted octanol–water partition coefficient (Wildman–Crippen LogP) is 2.53. The maximum absolute atomic E-state index is 11.6. The van der Waals surface area contributed by atoms with Crippen LogP contribution >= 0.6 is 0 Å². The molecule has 0 bridgehead atoms. The van der Waals surface area contributed by atoms with E-state index in [4.69, 9.17) is 21.0 Å². The lowest BCUT2D eigenvalue weighted by Crippen LogP contribution is -2.26. The Morgan fingerprint density at radius 2 is 1.95 bits per heavy atom. The average molecular weight is 304 g/mol. The first-order chi connectivity index (χ1) is 10.1. The van der Waals surface area contributed by atoms with Crippen molar-refractivity contribution in [1.82, 2.24) is 0 Å². The molecule has 22 heavy (non-hydrogen) atoms. The van der Waals surface area contributed by atoms with E-state index in [1.807, 2.05) is 0 Å². The molecular weight excluding hydrogens is 284 g/mol. The Balaban J connectivity index is 2.78. The summed E-state index contributed by atoms with van der Waals surface area (Å²) in [6.45, 7) is 6.86. The number of carboxylic acid groups (broad SMARTS) is 1. The van der Waals surface area contributed by atoms with Crippen molar-refractivity contribution in [3.8, 4) is 12.3 Å². The molecule has 5 heteroatoms. The number of hydrogen-bond acceptors (Lipinski definition) is 4. The molecule has 0 aliphatic heterocycles. The number of ether oxygens (including phenoxy) is 2. The van der Waals surface area contributed by atoms with Gasteiger partial charge in [0.05, 0.1) is 12.2 Å². The smallest absolute Gasteiger partial charge is 0.336 e. The van der Waals surface area contributed by atoms with Crippen LogP contribution in [0.1, 0.15) is 47.8 Å². The van der Waals surface area contributed by atoms with Gasteiger partial charge in [-0.05, 0) is 51.0 Å². The second kappa shape index (κ2) is 7.10. The minimum absolute atomic E-state index is 0.0842. The number of carbonyl (C=O) groups is 2. The lowest BCUT2D eigenvalue weighted by molar-refractivity contribution is -0.160. The summed E-state index contributed by atoms with van der Waals surface area (Å²) in [5.41, 5.74) is 1.22. The Labute approximate surface area is 130 Å². The Morgan fingerprint density at radius 1 is 1.32 bits per heavy atom. The number of aromatic carboxylic acids is 1. The number of carbonyl (C=O) groups excluding carboxylic acids is 1. The van der Waals surface area contributed by atoms with Gasteiger partial charge < -0.3 is 14.6 Å². The van der Waals surface area contributed by atoms with Gasteiger partial charge in [-0.3, -0.25) is 0 Å². The second-order valence-electron chi connectivity index (χ2n) is 5.84. The lowest BCUT2D eigenvalue weighted by atomic mass is 9.99. The summed E-state index contributed by atoms with van der Waals surface area (Å²) in [5, 5.41) is 9.17. The van der Waals surface area contributed by atoms with Crippen LogP contribution < -0.4 is 0 Å². The van der Waals surface area contributed by atoms with Crippen LogP contribution in [0.5, 0.6) is 0 Å². The average Bonchev–Trinajstić information content (AvgIpc) is 2.38.